The highest BCUT2D eigenvalue weighted by Gasteiger charge is 2.09. The van der Waals surface area contributed by atoms with E-state index in [4.69, 9.17) is 5.73 Å². The summed E-state index contributed by atoms with van der Waals surface area (Å²) in [6, 6.07) is 1.80. The molecule has 86 valence electrons. The lowest BCUT2D eigenvalue weighted by Crippen LogP contribution is -2.01. The van der Waals surface area contributed by atoms with Gasteiger partial charge in [-0.3, -0.25) is 4.68 Å². The molecule has 0 saturated heterocycles. The van der Waals surface area contributed by atoms with E-state index >= 15 is 0 Å². The van der Waals surface area contributed by atoms with E-state index in [1.165, 1.54) is 0 Å². The minimum absolute atomic E-state index is 0.571. The van der Waals surface area contributed by atoms with Gasteiger partial charge in [-0.1, -0.05) is 0 Å². The summed E-state index contributed by atoms with van der Waals surface area (Å²) < 4.78 is 3.37. The van der Waals surface area contributed by atoms with Gasteiger partial charge in [0.25, 0.3) is 0 Å². The first-order valence-corrected chi connectivity index (χ1v) is 5.25. The molecular weight excluding hydrogens is 216 g/mol. The molecule has 3 aromatic heterocycles. The lowest BCUT2D eigenvalue weighted by atomic mass is 10.2. The molecule has 6 nitrogen and oxygen atoms in total. The van der Waals surface area contributed by atoms with Crippen molar-refractivity contribution in [3.63, 3.8) is 0 Å². The predicted octanol–water partition coefficient (Wildman–Crippen LogP) is 1.02. The molecule has 6 heteroatoms. The van der Waals surface area contributed by atoms with Crippen molar-refractivity contribution >= 4 is 11.5 Å². The molecule has 0 aliphatic rings. The quantitative estimate of drug-likeness (QED) is 0.674. The third-order valence-electron chi connectivity index (χ3n) is 2.68. The second kappa shape index (κ2) is 3.31. The van der Waals surface area contributed by atoms with E-state index in [0.29, 0.717) is 5.82 Å². The van der Waals surface area contributed by atoms with Crippen molar-refractivity contribution in [1.82, 2.24) is 24.4 Å². The van der Waals surface area contributed by atoms with Gasteiger partial charge in [-0.2, -0.15) is 14.7 Å². The van der Waals surface area contributed by atoms with Gasteiger partial charge in [0.1, 0.15) is 5.82 Å². The van der Waals surface area contributed by atoms with Crippen LogP contribution in [0.2, 0.25) is 0 Å². The van der Waals surface area contributed by atoms with Crippen LogP contribution in [0.3, 0.4) is 0 Å². The van der Waals surface area contributed by atoms with Gasteiger partial charge in [-0.15, -0.1) is 0 Å². The van der Waals surface area contributed by atoms with Crippen LogP contribution in [0.1, 0.15) is 5.56 Å². The van der Waals surface area contributed by atoms with Crippen LogP contribution in [0.5, 0.6) is 0 Å². The SMILES string of the molecule is Cc1cnn2c(N)cc(-c3cnn(C)c3)nc12. The highest BCUT2D eigenvalue weighted by atomic mass is 15.3. The normalized spacial score (nSPS) is 11.2. The minimum Gasteiger partial charge on any atom is -0.384 e. The Bertz CT molecular complexity index is 693. The maximum atomic E-state index is 5.95. The fourth-order valence-corrected chi connectivity index (χ4v) is 1.80. The van der Waals surface area contributed by atoms with Crippen LogP contribution in [0.4, 0.5) is 5.82 Å². The molecular formula is C11H12N6. The average Bonchev–Trinajstić information content (AvgIpc) is 2.87. The van der Waals surface area contributed by atoms with Gasteiger partial charge < -0.3 is 5.73 Å². The van der Waals surface area contributed by atoms with Crippen LogP contribution < -0.4 is 5.73 Å². The summed E-state index contributed by atoms with van der Waals surface area (Å²) in [5.74, 6) is 0.571. The summed E-state index contributed by atoms with van der Waals surface area (Å²) in [5, 5.41) is 8.29. The summed E-state index contributed by atoms with van der Waals surface area (Å²) >= 11 is 0. The smallest absolute Gasteiger partial charge is 0.160 e. The van der Waals surface area contributed by atoms with Crippen molar-refractivity contribution in [3.05, 3.63) is 30.2 Å². The van der Waals surface area contributed by atoms with Gasteiger partial charge in [0.05, 0.1) is 18.1 Å². The van der Waals surface area contributed by atoms with E-state index in [1.54, 1.807) is 27.7 Å². The van der Waals surface area contributed by atoms with Crippen molar-refractivity contribution in [2.24, 2.45) is 7.05 Å². The fraction of sp³-hybridized carbons (Fsp3) is 0.182. The Morgan fingerprint density at radius 1 is 1.24 bits per heavy atom. The molecule has 2 N–H and O–H groups in total. The van der Waals surface area contributed by atoms with Gasteiger partial charge in [0, 0.05) is 30.4 Å². The maximum Gasteiger partial charge on any atom is 0.160 e. The zero-order chi connectivity index (χ0) is 12.0. The average molecular weight is 228 g/mol. The number of nitrogens with zero attached hydrogens (tertiary/aromatic N) is 5. The van der Waals surface area contributed by atoms with Gasteiger partial charge in [-0.05, 0) is 6.92 Å². The summed E-state index contributed by atoms with van der Waals surface area (Å²) in [4.78, 5) is 4.55. The maximum absolute atomic E-state index is 5.95. The Hall–Kier alpha value is -2.37. The minimum atomic E-state index is 0.571. The van der Waals surface area contributed by atoms with E-state index in [2.05, 4.69) is 15.2 Å². The fourth-order valence-electron chi connectivity index (χ4n) is 1.80. The van der Waals surface area contributed by atoms with Crippen molar-refractivity contribution in [2.45, 2.75) is 6.92 Å². The Balaban J connectivity index is 2.27. The largest absolute Gasteiger partial charge is 0.384 e. The monoisotopic (exact) mass is 228 g/mol. The standard InChI is InChI=1S/C11H12N6/c1-7-4-14-17-10(12)3-9(15-11(7)17)8-5-13-16(2)6-8/h3-6H,12H2,1-2H3. The third-order valence-corrected chi connectivity index (χ3v) is 2.68. The molecule has 0 aliphatic heterocycles. The van der Waals surface area contributed by atoms with Crippen LogP contribution in [-0.4, -0.2) is 24.4 Å². The van der Waals surface area contributed by atoms with Crippen molar-refractivity contribution in [3.8, 4) is 11.3 Å². The molecule has 0 spiro atoms. The first kappa shape index (κ1) is 9.83. The van der Waals surface area contributed by atoms with E-state index in [9.17, 15) is 0 Å². The predicted molar refractivity (Wildman–Crippen MR) is 64.3 cm³/mol. The number of rotatable bonds is 1. The topological polar surface area (TPSA) is 74.0 Å². The molecule has 0 saturated carbocycles. The van der Waals surface area contributed by atoms with Crippen LogP contribution in [0.15, 0.2) is 24.7 Å². The number of nitrogen functional groups attached to an aromatic ring is 1. The van der Waals surface area contributed by atoms with E-state index in [0.717, 1.165) is 22.5 Å². The lowest BCUT2D eigenvalue weighted by Gasteiger charge is -2.02. The number of hydrogen-bond acceptors (Lipinski definition) is 4. The van der Waals surface area contributed by atoms with E-state index in [-0.39, 0.29) is 0 Å². The molecule has 0 unspecified atom stereocenters. The number of hydrogen-bond donors (Lipinski definition) is 1. The van der Waals surface area contributed by atoms with Crippen LogP contribution in [-0.2, 0) is 7.05 Å². The highest BCUT2D eigenvalue weighted by Crippen LogP contribution is 2.21. The molecule has 0 radical (unpaired) electrons. The summed E-state index contributed by atoms with van der Waals surface area (Å²) in [6.45, 7) is 1.96. The molecule has 17 heavy (non-hydrogen) atoms. The summed E-state index contributed by atoms with van der Waals surface area (Å²) in [6.07, 6.45) is 5.43. The van der Waals surface area contributed by atoms with Crippen LogP contribution in [0, 0.1) is 6.92 Å². The van der Waals surface area contributed by atoms with Crippen molar-refractivity contribution in [1.29, 1.82) is 0 Å². The highest BCUT2D eigenvalue weighted by molar-refractivity contribution is 5.65. The summed E-state index contributed by atoms with van der Waals surface area (Å²) in [7, 11) is 1.87. The second-order valence-corrected chi connectivity index (χ2v) is 4.03. The molecule has 3 heterocycles. The third kappa shape index (κ3) is 1.45. The van der Waals surface area contributed by atoms with Crippen LogP contribution in [0.25, 0.3) is 16.9 Å². The molecule has 0 aromatic carbocycles. The van der Waals surface area contributed by atoms with Gasteiger partial charge in [0.15, 0.2) is 5.65 Å². The zero-order valence-electron chi connectivity index (χ0n) is 9.62. The Kier molecular flexibility index (Phi) is 1.91. The number of nitrogens with two attached hydrogens (primary N) is 1. The number of anilines is 1. The van der Waals surface area contributed by atoms with Crippen LogP contribution >= 0.6 is 0 Å². The van der Waals surface area contributed by atoms with E-state index in [1.807, 2.05) is 20.2 Å². The molecule has 0 bridgehead atoms. The number of aromatic nitrogens is 5. The number of fused-ring (bicyclic) bond motifs is 1. The Morgan fingerprint density at radius 2 is 2.06 bits per heavy atom. The van der Waals surface area contributed by atoms with Gasteiger partial charge >= 0.3 is 0 Å². The lowest BCUT2D eigenvalue weighted by molar-refractivity contribution is 0.768. The Morgan fingerprint density at radius 3 is 2.76 bits per heavy atom. The second-order valence-electron chi connectivity index (χ2n) is 4.03. The van der Waals surface area contributed by atoms with Crippen molar-refractivity contribution in [2.75, 3.05) is 5.73 Å². The van der Waals surface area contributed by atoms with Gasteiger partial charge in [0.2, 0.25) is 0 Å². The molecule has 0 atom stereocenters. The van der Waals surface area contributed by atoms with Gasteiger partial charge in [-0.25, -0.2) is 4.98 Å². The van der Waals surface area contributed by atoms with Crippen molar-refractivity contribution < 1.29 is 0 Å². The van der Waals surface area contributed by atoms with E-state index < -0.39 is 0 Å². The first-order chi connectivity index (χ1) is 8.15. The Labute approximate surface area is 97.7 Å². The molecule has 0 aliphatic carbocycles. The summed E-state index contributed by atoms with van der Waals surface area (Å²) in [5.41, 5.74) is 9.49. The molecule has 3 rings (SSSR count). The molecule has 0 amide bonds. The first-order valence-electron chi connectivity index (χ1n) is 5.25. The molecule has 3 aromatic rings. The zero-order valence-corrected chi connectivity index (χ0v) is 9.62. The molecule has 0 fully saturated rings. The number of aryl methyl sites for hydroxylation is 2.